The first-order valence-corrected chi connectivity index (χ1v) is 10.1. The molecule has 1 aliphatic heterocycles. The minimum atomic E-state index is -4.85. The summed E-state index contributed by atoms with van der Waals surface area (Å²) >= 11 is 0. The molecule has 7 nitrogen and oxygen atoms in total. The number of aromatic nitrogens is 3. The second kappa shape index (κ2) is 9.04. The Balaban J connectivity index is 1.78. The average molecular weight is 498 g/mol. The Bertz CT molecular complexity index is 1260. The van der Waals surface area contributed by atoms with Crippen molar-refractivity contribution in [2.45, 2.75) is 37.8 Å². The number of ether oxygens (including phenoxy) is 1. The van der Waals surface area contributed by atoms with E-state index in [9.17, 15) is 35.9 Å². The van der Waals surface area contributed by atoms with E-state index in [0.29, 0.717) is 18.2 Å². The van der Waals surface area contributed by atoms with Crippen LogP contribution in [0.5, 0.6) is 0 Å². The van der Waals surface area contributed by atoms with Crippen LogP contribution < -0.4 is 0 Å². The highest BCUT2D eigenvalue weighted by Gasteiger charge is 2.47. The molecule has 1 aromatic heterocycles. The Morgan fingerprint density at radius 2 is 1.83 bits per heavy atom. The molecule has 2 aromatic carbocycles. The van der Waals surface area contributed by atoms with Gasteiger partial charge in [0.2, 0.25) is 0 Å². The highest BCUT2D eigenvalue weighted by Crippen LogP contribution is 2.36. The molecule has 13 heteroatoms. The van der Waals surface area contributed by atoms with Crippen molar-refractivity contribution in [3.63, 3.8) is 0 Å². The lowest BCUT2D eigenvalue weighted by molar-refractivity contribution is -0.171. The fraction of sp³-hybridized carbons (Fsp3) is 0.273. The van der Waals surface area contributed by atoms with E-state index in [0.717, 1.165) is 17.0 Å². The van der Waals surface area contributed by atoms with Crippen molar-refractivity contribution in [2.24, 2.45) is 0 Å². The summed E-state index contributed by atoms with van der Waals surface area (Å²) in [6.45, 7) is 1.35. The highest BCUT2D eigenvalue weighted by atomic mass is 19.4. The van der Waals surface area contributed by atoms with Gasteiger partial charge in [0.15, 0.2) is 6.04 Å². The molecule has 3 atom stereocenters. The molecule has 3 aromatic rings. The van der Waals surface area contributed by atoms with Crippen molar-refractivity contribution in [3.8, 4) is 0 Å². The predicted octanol–water partition coefficient (Wildman–Crippen LogP) is 3.91. The van der Waals surface area contributed by atoms with Gasteiger partial charge in [0.25, 0.3) is 5.91 Å². The second-order valence-corrected chi connectivity index (χ2v) is 7.81. The Hall–Kier alpha value is -3.90. The molecule has 4 rings (SSSR count). The number of amides is 1. The zero-order valence-corrected chi connectivity index (χ0v) is 17.8. The van der Waals surface area contributed by atoms with Gasteiger partial charge in [0, 0.05) is 11.6 Å². The molecule has 2 heterocycles. The first kappa shape index (κ1) is 24.2. The number of esters is 1. The lowest BCUT2D eigenvalue weighted by Crippen LogP contribution is -2.57. The van der Waals surface area contributed by atoms with Crippen molar-refractivity contribution in [1.82, 2.24) is 19.7 Å². The van der Waals surface area contributed by atoms with Gasteiger partial charge in [-0.05, 0) is 31.2 Å². The van der Waals surface area contributed by atoms with Crippen LogP contribution in [0.2, 0.25) is 0 Å². The van der Waals surface area contributed by atoms with Gasteiger partial charge >= 0.3 is 12.1 Å². The quantitative estimate of drug-likeness (QED) is 0.403. The number of carbonyl (C=O) groups is 2. The third-order valence-corrected chi connectivity index (χ3v) is 5.60. The van der Waals surface area contributed by atoms with E-state index in [-0.39, 0.29) is 12.6 Å². The Morgan fingerprint density at radius 3 is 2.43 bits per heavy atom. The van der Waals surface area contributed by atoms with Crippen LogP contribution >= 0.6 is 0 Å². The molecule has 0 N–H and O–H groups in total. The summed E-state index contributed by atoms with van der Waals surface area (Å²) in [6.07, 6.45) is -3.38. The molecule has 1 amide bonds. The number of hydrogen-bond donors (Lipinski definition) is 0. The van der Waals surface area contributed by atoms with Crippen LogP contribution in [-0.4, -0.2) is 43.7 Å². The summed E-state index contributed by atoms with van der Waals surface area (Å²) < 4.78 is 88.3. The van der Waals surface area contributed by atoms with Gasteiger partial charge < -0.3 is 9.64 Å². The Morgan fingerprint density at radius 1 is 1.09 bits per heavy atom. The largest absolute Gasteiger partial charge is 0.456 e. The molecule has 1 fully saturated rings. The van der Waals surface area contributed by atoms with Gasteiger partial charge in [-0.1, -0.05) is 6.07 Å². The van der Waals surface area contributed by atoms with Gasteiger partial charge in [-0.2, -0.15) is 18.3 Å². The van der Waals surface area contributed by atoms with Crippen LogP contribution in [0.1, 0.15) is 34.5 Å². The lowest BCUT2D eigenvalue weighted by atomic mass is 9.96. The number of carbonyl (C=O) groups excluding carboxylic acids is 2. The fourth-order valence-corrected chi connectivity index (χ4v) is 3.85. The first-order valence-electron chi connectivity index (χ1n) is 10.1. The SMILES string of the molecule is CC1C(Cn2cncn2)OC(=O)C(c2ccc(F)cc2F)N1C(=O)c1ccc(C(F)(F)F)cc1F. The van der Waals surface area contributed by atoms with E-state index in [1.807, 2.05) is 0 Å². The number of hydrogen-bond acceptors (Lipinski definition) is 5. The maximum atomic E-state index is 14.7. The maximum Gasteiger partial charge on any atom is 0.416 e. The second-order valence-electron chi connectivity index (χ2n) is 7.81. The average Bonchev–Trinajstić information content (AvgIpc) is 3.28. The predicted molar refractivity (Wildman–Crippen MR) is 106 cm³/mol. The van der Waals surface area contributed by atoms with Crippen LogP contribution in [0.15, 0.2) is 49.1 Å². The number of nitrogens with zero attached hydrogens (tertiary/aromatic N) is 4. The normalized spacial score (nSPS) is 20.6. The summed E-state index contributed by atoms with van der Waals surface area (Å²) in [6, 6.07) is 0.814. The topological polar surface area (TPSA) is 77.3 Å². The van der Waals surface area contributed by atoms with Crippen LogP contribution in [0, 0.1) is 17.5 Å². The summed E-state index contributed by atoms with van der Waals surface area (Å²) in [5.74, 6) is -5.88. The molecule has 0 bridgehead atoms. The van der Waals surface area contributed by atoms with Crippen LogP contribution in [-0.2, 0) is 22.3 Å². The molecular weight excluding hydrogens is 482 g/mol. The first-order chi connectivity index (χ1) is 16.5. The minimum Gasteiger partial charge on any atom is -0.456 e. The van der Waals surface area contributed by atoms with Gasteiger partial charge in [-0.25, -0.2) is 27.6 Å². The Kier molecular flexibility index (Phi) is 6.26. The number of benzene rings is 2. The minimum absolute atomic E-state index is 0.0786. The molecule has 3 unspecified atom stereocenters. The van der Waals surface area contributed by atoms with Crippen molar-refractivity contribution >= 4 is 11.9 Å². The van der Waals surface area contributed by atoms with E-state index in [4.69, 9.17) is 4.74 Å². The van der Waals surface area contributed by atoms with Gasteiger partial charge in [-0.3, -0.25) is 4.79 Å². The van der Waals surface area contributed by atoms with Crippen LogP contribution in [0.3, 0.4) is 0 Å². The third-order valence-electron chi connectivity index (χ3n) is 5.60. The van der Waals surface area contributed by atoms with E-state index in [2.05, 4.69) is 10.1 Å². The molecule has 0 radical (unpaired) electrons. The summed E-state index contributed by atoms with van der Waals surface area (Å²) in [5.41, 5.74) is -2.52. The molecule has 0 spiro atoms. The smallest absolute Gasteiger partial charge is 0.416 e. The van der Waals surface area contributed by atoms with Crippen molar-refractivity contribution in [2.75, 3.05) is 0 Å². The zero-order chi connectivity index (χ0) is 25.5. The number of alkyl halides is 3. The molecule has 1 saturated heterocycles. The molecular formula is C22H16F6N4O3. The van der Waals surface area contributed by atoms with Crippen LogP contribution in [0.4, 0.5) is 26.3 Å². The highest BCUT2D eigenvalue weighted by molar-refractivity contribution is 5.98. The van der Waals surface area contributed by atoms with Gasteiger partial charge in [0.05, 0.1) is 23.7 Å². The number of cyclic esters (lactones) is 1. The number of morpholine rings is 1. The van der Waals surface area contributed by atoms with Crippen molar-refractivity contribution < 1.29 is 40.7 Å². The van der Waals surface area contributed by atoms with Crippen molar-refractivity contribution in [3.05, 3.63) is 83.2 Å². The lowest BCUT2D eigenvalue weighted by Gasteiger charge is -2.43. The van der Waals surface area contributed by atoms with E-state index in [1.54, 1.807) is 0 Å². The molecule has 0 saturated carbocycles. The monoisotopic (exact) mass is 498 g/mol. The Labute approximate surface area is 193 Å². The van der Waals surface area contributed by atoms with Gasteiger partial charge in [0.1, 0.15) is 36.2 Å². The van der Waals surface area contributed by atoms with Crippen molar-refractivity contribution in [1.29, 1.82) is 0 Å². The van der Waals surface area contributed by atoms with E-state index < -0.39 is 70.4 Å². The molecule has 0 aliphatic carbocycles. The van der Waals surface area contributed by atoms with E-state index >= 15 is 0 Å². The fourth-order valence-electron chi connectivity index (χ4n) is 3.85. The molecule has 35 heavy (non-hydrogen) atoms. The summed E-state index contributed by atoms with van der Waals surface area (Å²) in [5, 5.41) is 3.89. The molecule has 1 aliphatic rings. The zero-order valence-electron chi connectivity index (χ0n) is 17.8. The van der Waals surface area contributed by atoms with E-state index in [1.165, 1.54) is 24.3 Å². The third kappa shape index (κ3) is 4.70. The van der Waals surface area contributed by atoms with Crippen LogP contribution in [0.25, 0.3) is 0 Å². The number of rotatable bonds is 4. The standard InChI is InChI=1S/C22H16F6N4O3/c1-11-18(8-31-10-29-9-30-31)35-21(34)19(14-5-3-13(23)7-17(14)25)32(11)20(33)15-4-2-12(6-16(15)24)22(26,27)28/h2-7,9-11,18-19H,8H2,1H3. The summed E-state index contributed by atoms with van der Waals surface area (Å²) in [4.78, 5) is 31.0. The molecule has 184 valence electrons. The van der Waals surface area contributed by atoms with Gasteiger partial charge in [-0.15, -0.1) is 0 Å². The summed E-state index contributed by atoms with van der Waals surface area (Å²) in [7, 11) is 0. The maximum absolute atomic E-state index is 14.7. The number of halogens is 6.